The van der Waals surface area contributed by atoms with Gasteiger partial charge < -0.3 is 18.9 Å². The second-order valence-corrected chi connectivity index (χ2v) is 9.12. The molecule has 0 aliphatic carbocycles. The Bertz CT molecular complexity index is 1330. The summed E-state index contributed by atoms with van der Waals surface area (Å²) in [6.45, 7) is 4.43. The number of para-hydroxylation sites is 1. The van der Waals surface area contributed by atoms with E-state index in [1.165, 1.54) is 22.0 Å². The van der Waals surface area contributed by atoms with Gasteiger partial charge in [0.1, 0.15) is 11.5 Å². The molecule has 1 atom stereocenters. The van der Waals surface area contributed by atoms with Crippen molar-refractivity contribution in [3.8, 4) is 11.5 Å². The van der Waals surface area contributed by atoms with Crippen LogP contribution in [0.2, 0.25) is 0 Å². The van der Waals surface area contributed by atoms with E-state index in [1.807, 2.05) is 23.1 Å². The molecule has 1 amide bonds. The van der Waals surface area contributed by atoms with Gasteiger partial charge in [0.15, 0.2) is 0 Å². The first-order valence-corrected chi connectivity index (χ1v) is 12.3. The van der Waals surface area contributed by atoms with Gasteiger partial charge in [-0.15, -0.1) is 0 Å². The number of hydrogen-bond acceptors (Lipinski definition) is 3. The molecule has 180 valence electrons. The van der Waals surface area contributed by atoms with Gasteiger partial charge in [0, 0.05) is 55.1 Å². The number of carbonyl (C=O) groups excluding carboxylic acids is 1. The van der Waals surface area contributed by atoms with Crippen LogP contribution in [0.3, 0.4) is 0 Å². The monoisotopic (exact) mass is 468 g/mol. The smallest absolute Gasteiger partial charge is 0.223 e. The van der Waals surface area contributed by atoms with Crippen LogP contribution in [0.1, 0.15) is 41.5 Å². The summed E-state index contributed by atoms with van der Waals surface area (Å²) in [5, 5.41) is 1.18. The predicted octanol–water partition coefficient (Wildman–Crippen LogP) is 5.79. The van der Waals surface area contributed by atoms with E-state index in [4.69, 9.17) is 9.47 Å². The van der Waals surface area contributed by atoms with Gasteiger partial charge in [0.25, 0.3) is 0 Å². The van der Waals surface area contributed by atoms with Crippen molar-refractivity contribution < 1.29 is 14.3 Å². The van der Waals surface area contributed by atoms with Crippen molar-refractivity contribution in [3.05, 3.63) is 95.2 Å². The molecule has 35 heavy (non-hydrogen) atoms. The molecule has 1 aliphatic rings. The van der Waals surface area contributed by atoms with Crippen molar-refractivity contribution in [2.45, 2.75) is 38.8 Å². The summed E-state index contributed by atoms with van der Waals surface area (Å²) in [6, 6.07) is 22.8. The van der Waals surface area contributed by atoms with Crippen LogP contribution in [0.5, 0.6) is 11.5 Å². The third-order valence-corrected chi connectivity index (χ3v) is 7.17. The Kier molecular flexibility index (Phi) is 6.49. The summed E-state index contributed by atoms with van der Waals surface area (Å²) in [5.41, 5.74) is 5.95. The molecule has 4 aromatic rings. The maximum absolute atomic E-state index is 13.7. The normalized spacial score (nSPS) is 14.0. The average Bonchev–Trinajstić information content (AvgIpc) is 3.29. The second kappa shape index (κ2) is 9.87. The minimum absolute atomic E-state index is 0.124. The molecule has 0 fully saturated rings. The zero-order valence-electron chi connectivity index (χ0n) is 20.7. The van der Waals surface area contributed by atoms with E-state index in [1.54, 1.807) is 14.2 Å². The van der Waals surface area contributed by atoms with Crippen LogP contribution in [0.4, 0.5) is 0 Å². The number of fused-ring (bicyclic) bond motifs is 2. The first-order chi connectivity index (χ1) is 17.1. The Morgan fingerprint density at radius 1 is 0.943 bits per heavy atom. The maximum atomic E-state index is 13.7. The summed E-state index contributed by atoms with van der Waals surface area (Å²) in [5.74, 6) is 1.49. The van der Waals surface area contributed by atoms with Crippen LogP contribution >= 0.6 is 0 Å². The highest BCUT2D eigenvalue weighted by Crippen LogP contribution is 2.38. The molecule has 0 spiro atoms. The zero-order valence-corrected chi connectivity index (χ0v) is 20.7. The molecule has 3 aromatic carbocycles. The van der Waals surface area contributed by atoms with E-state index >= 15 is 0 Å². The maximum Gasteiger partial charge on any atom is 0.223 e. The fourth-order valence-electron chi connectivity index (χ4n) is 5.26. The van der Waals surface area contributed by atoms with E-state index in [9.17, 15) is 4.79 Å². The lowest BCUT2D eigenvalue weighted by molar-refractivity contribution is -0.132. The average molecular weight is 469 g/mol. The first kappa shape index (κ1) is 23.0. The van der Waals surface area contributed by atoms with E-state index in [2.05, 4.69) is 66.2 Å². The lowest BCUT2D eigenvalue weighted by atomic mass is 9.87. The van der Waals surface area contributed by atoms with Gasteiger partial charge in [-0.3, -0.25) is 4.79 Å². The van der Waals surface area contributed by atoms with Crippen molar-refractivity contribution in [1.82, 2.24) is 9.47 Å². The van der Waals surface area contributed by atoms with E-state index in [0.717, 1.165) is 42.1 Å². The number of rotatable bonds is 7. The number of aromatic nitrogens is 1. The Hall–Kier alpha value is -3.73. The van der Waals surface area contributed by atoms with E-state index in [0.29, 0.717) is 13.0 Å². The lowest BCUT2D eigenvalue weighted by Crippen LogP contribution is -2.36. The van der Waals surface area contributed by atoms with Gasteiger partial charge in [-0.25, -0.2) is 0 Å². The minimum Gasteiger partial charge on any atom is -0.497 e. The number of aryl methyl sites for hydroxylation is 1. The fraction of sp³-hybridized carbons (Fsp3) is 0.300. The quantitative estimate of drug-likeness (QED) is 0.345. The Morgan fingerprint density at radius 3 is 2.34 bits per heavy atom. The van der Waals surface area contributed by atoms with Crippen LogP contribution in [0.25, 0.3) is 10.9 Å². The molecule has 2 heterocycles. The van der Waals surface area contributed by atoms with Crippen molar-refractivity contribution in [3.63, 3.8) is 0 Å². The number of methoxy groups -OCH3 is 2. The van der Waals surface area contributed by atoms with Crippen molar-refractivity contribution in [1.29, 1.82) is 0 Å². The molecular formula is C30H32N2O3. The fourth-order valence-corrected chi connectivity index (χ4v) is 5.26. The van der Waals surface area contributed by atoms with E-state index < -0.39 is 0 Å². The summed E-state index contributed by atoms with van der Waals surface area (Å²) >= 11 is 0. The standard InChI is InChI=1S/C30H32N2O3/c1-4-31-20-28(26-11-7-8-12-29(26)31)27(23-15-24(34-2)17-25(16-23)35-3)18-30(33)32-14-13-21-9-5-6-10-22(21)19-32/h5-12,15-17,20,27H,4,13-14,18-19H2,1-3H3/t27-/m1/s1. The molecule has 0 radical (unpaired) electrons. The SMILES string of the molecule is CCn1cc([C@H](CC(=O)N2CCc3ccccc3C2)c2cc(OC)cc(OC)c2)c2ccccc21. The molecule has 1 aliphatic heterocycles. The number of amides is 1. The summed E-state index contributed by atoms with van der Waals surface area (Å²) in [6.07, 6.45) is 3.49. The zero-order chi connectivity index (χ0) is 24.4. The van der Waals surface area contributed by atoms with E-state index in [-0.39, 0.29) is 11.8 Å². The molecule has 0 saturated heterocycles. The Morgan fingerprint density at radius 2 is 1.63 bits per heavy atom. The second-order valence-electron chi connectivity index (χ2n) is 9.12. The Labute approximate surface area is 206 Å². The third-order valence-electron chi connectivity index (χ3n) is 7.17. The highest BCUT2D eigenvalue weighted by molar-refractivity contribution is 5.87. The van der Waals surface area contributed by atoms with Crippen molar-refractivity contribution in [2.75, 3.05) is 20.8 Å². The Balaban J connectivity index is 1.56. The lowest BCUT2D eigenvalue weighted by Gasteiger charge is -2.30. The molecule has 0 bridgehead atoms. The van der Waals surface area contributed by atoms with Gasteiger partial charge in [-0.1, -0.05) is 42.5 Å². The highest BCUT2D eigenvalue weighted by Gasteiger charge is 2.28. The number of carbonyl (C=O) groups is 1. The molecule has 0 unspecified atom stereocenters. The van der Waals surface area contributed by atoms with Gasteiger partial charge in [0.05, 0.1) is 14.2 Å². The van der Waals surface area contributed by atoms with Crippen LogP contribution in [0, 0.1) is 0 Å². The topological polar surface area (TPSA) is 43.7 Å². The van der Waals surface area contributed by atoms with Crippen molar-refractivity contribution >= 4 is 16.8 Å². The number of ether oxygens (including phenoxy) is 2. The summed E-state index contributed by atoms with van der Waals surface area (Å²) < 4.78 is 13.4. The molecule has 1 aromatic heterocycles. The third kappa shape index (κ3) is 4.51. The van der Waals surface area contributed by atoms with Gasteiger partial charge in [-0.05, 0) is 53.8 Å². The molecular weight excluding hydrogens is 436 g/mol. The molecule has 0 saturated carbocycles. The molecule has 5 rings (SSSR count). The van der Waals surface area contributed by atoms with Crippen LogP contribution in [-0.2, 0) is 24.3 Å². The summed E-state index contributed by atoms with van der Waals surface area (Å²) in [7, 11) is 3.32. The summed E-state index contributed by atoms with van der Waals surface area (Å²) in [4.78, 5) is 15.7. The van der Waals surface area contributed by atoms with Gasteiger partial charge in [-0.2, -0.15) is 0 Å². The number of benzene rings is 3. The predicted molar refractivity (Wildman–Crippen MR) is 139 cm³/mol. The first-order valence-electron chi connectivity index (χ1n) is 12.3. The van der Waals surface area contributed by atoms with Crippen LogP contribution < -0.4 is 9.47 Å². The van der Waals surface area contributed by atoms with Crippen LogP contribution in [-0.4, -0.2) is 36.1 Å². The molecule has 0 N–H and O–H groups in total. The van der Waals surface area contributed by atoms with Gasteiger partial charge >= 0.3 is 0 Å². The number of hydrogen-bond donors (Lipinski definition) is 0. The van der Waals surface area contributed by atoms with Crippen molar-refractivity contribution in [2.24, 2.45) is 0 Å². The molecule has 5 heteroatoms. The molecule has 5 nitrogen and oxygen atoms in total. The minimum atomic E-state index is -0.124. The van der Waals surface area contributed by atoms with Gasteiger partial charge in [0.2, 0.25) is 5.91 Å². The number of nitrogens with zero attached hydrogens (tertiary/aromatic N) is 2. The highest BCUT2D eigenvalue weighted by atomic mass is 16.5. The van der Waals surface area contributed by atoms with Crippen LogP contribution in [0.15, 0.2) is 72.9 Å². The largest absolute Gasteiger partial charge is 0.497 e.